The fourth-order valence-corrected chi connectivity index (χ4v) is 0.948. The maximum atomic E-state index is 10.4. The van der Waals surface area contributed by atoms with E-state index in [0.717, 1.165) is 0 Å². The number of carboxylic acids is 1. The molecule has 0 aliphatic rings. The lowest BCUT2D eigenvalue weighted by Crippen LogP contribution is -2.15. The van der Waals surface area contributed by atoms with Crippen LogP contribution in [0.4, 0.5) is 0 Å². The van der Waals surface area contributed by atoms with Crippen molar-refractivity contribution in [3.63, 3.8) is 0 Å². The van der Waals surface area contributed by atoms with Gasteiger partial charge in [0.2, 0.25) is 0 Å². The maximum Gasteiger partial charge on any atom is 0.330 e. The van der Waals surface area contributed by atoms with E-state index in [-0.39, 0.29) is 11.5 Å². The Balaban J connectivity index is 4.22. The quantitative estimate of drug-likeness (QED) is 0.630. The topological polar surface area (TPSA) is 57.5 Å². The second-order valence-corrected chi connectivity index (χ2v) is 2.99. The van der Waals surface area contributed by atoms with Crippen molar-refractivity contribution in [3.05, 3.63) is 11.6 Å². The summed E-state index contributed by atoms with van der Waals surface area (Å²) in [5, 5.41) is 17.9. The van der Waals surface area contributed by atoms with Crippen LogP contribution in [0.3, 0.4) is 0 Å². The molecular weight excluding hydrogens is 156 g/mol. The van der Waals surface area contributed by atoms with Gasteiger partial charge in [-0.2, -0.15) is 0 Å². The maximum absolute atomic E-state index is 10.4. The van der Waals surface area contributed by atoms with Crippen molar-refractivity contribution < 1.29 is 15.0 Å². The lowest BCUT2D eigenvalue weighted by molar-refractivity contribution is -0.132. The average molecular weight is 172 g/mol. The van der Waals surface area contributed by atoms with Crippen LogP contribution in [-0.4, -0.2) is 22.3 Å². The summed E-state index contributed by atoms with van der Waals surface area (Å²) >= 11 is 0. The molecule has 0 amide bonds. The summed E-state index contributed by atoms with van der Waals surface area (Å²) in [6.07, 6.45) is 1.78. The van der Waals surface area contributed by atoms with Crippen LogP contribution in [0.25, 0.3) is 0 Å². The average Bonchev–Trinajstić information content (AvgIpc) is 2.02. The van der Waals surface area contributed by atoms with Crippen LogP contribution in [-0.2, 0) is 4.79 Å². The third-order valence-electron chi connectivity index (χ3n) is 1.88. The molecule has 2 N–H and O–H groups in total. The fraction of sp³-hybridized carbons (Fsp3) is 0.667. The Bertz CT molecular complexity index is 184. The molecule has 0 aromatic carbocycles. The van der Waals surface area contributed by atoms with E-state index in [4.69, 9.17) is 5.11 Å². The summed E-state index contributed by atoms with van der Waals surface area (Å²) in [6, 6.07) is 0. The van der Waals surface area contributed by atoms with Crippen LogP contribution >= 0.6 is 0 Å². The van der Waals surface area contributed by atoms with Gasteiger partial charge in [0.15, 0.2) is 0 Å². The summed E-state index contributed by atoms with van der Waals surface area (Å²) in [6.45, 7) is 5.20. The van der Waals surface area contributed by atoms with Gasteiger partial charge in [-0.05, 0) is 13.3 Å². The van der Waals surface area contributed by atoms with Crippen LogP contribution in [0.15, 0.2) is 11.6 Å². The first-order valence-electron chi connectivity index (χ1n) is 4.08. The molecule has 0 unspecified atom stereocenters. The van der Waals surface area contributed by atoms with Gasteiger partial charge in [0, 0.05) is 11.5 Å². The fourth-order valence-electron chi connectivity index (χ4n) is 0.948. The van der Waals surface area contributed by atoms with Gasteiger partial charge in [-0.1, -0.05) is 19.9 Å². The normalized spacial score (nSPS) is 17.2. The van der Waals surface area contributed by atoms with Crippen LogP contribution in [0.5, 0.6) is 0 Å². The van der Waals surface area contributed by atoms with E-state index in [1.54, 1.807) is 13.0 Å². The number of rotatable bonds is 4. The Morgan fingerprint density at radius 3 is 2.42 bits per heavy atom. The molecule has 70 valence electrons. The summed E-state index contributed by atoms with van der Waals surface area (Å²) in [5.74, 6) is -1.02. The molecule has 0 aromatic rings. The van der Waals surface area contributed by atoms with Gasteiger partial charge in [-0.15, -0.1) is 0 Å². The molecule has 0 fully saturated rings. The van der Waals surface area contributed by atoms with Gasteiger partial charge in [0.25, 0.3) is 0 Å². The van der Waals surface area contributed by atoms with Gasteiger partial charge in [0.05, 0.1) is 6.10 Å². The molecule has 3 nitrogen and oxygen atoms in total. The molecule has 0 spiro atoms. The lowest BCUT2D eigenvalue weighted by Gasteiger charge is -2.13. The molecule has 3 heteroatoms. The molecule has 0 saturated carbocycles. The zero-order valence-corrected chi connectivity index (χ0v) is 7.74. The van der Waals surface area contributed by atoms with Crippen molar-refractivity contribution in [1.29, 1.82) is 0 Å². The van der Waals surface area contributed by atoms with E-state index in [2.05, 4.69) is 0 Å². The molecule has 0 aliphatic heterocycles. The third-order valence-corrected chi connectivity index (χ3v) is 1.88. The third kappa shape index (κ3) is 3.53. The molecule has 0 aliphatic carbocycles. The number of carboxylic acid groups (broad SMARTS) is 1. The van der Waals surface area contributed by atoms with Crippen molar-refractivity contribution in [1.82, 2.24) is 0 Å². The first-order chi connectivity index (χ1) is 5.49. The Kier molecular flexibility index (Phi) is 4.59. The van der Waals surface area contributed by atoms with Crippen molar-refractivity contribution in [2.24, 2.45) is 5.92 Å². The molecule has 0 bridgehead atoms. The zero-order chi connectivity index (χ0) is 9.72. The van der Waals surface area contributed by atoms with Crippen molar-refractivity contribution in [2.75, 3.05) is 0 Å². The van der Waals surface area contributed by atoms with Crippen molar-refractivity contribution in [2.45, 2.75) is 33.3 Å². The SMILES string of the molecule is CC[C@@H](O)[C@H](C)C=C(C)C(=O)O. The summed E-state index contributed by atoms with van der Waals surface area (Å²) in [5.41, 5.74) is 0.287. The first-order valence-corrected chi connectivity index (χ1v) is 4.08. The van der Waals surface area contributed by atoms with Gasteiger partial charge >= 0.3 is 5.97 Å². The van der Waals surface area contributed by atoms with Crippen LogP contribution in [0.1, 0.15) is 27.2 Å². The van der Waals surface area contributed by atoms with Gasteiger partial charge < -0.3 is 10.2 Å². The largest absolute Gasteiger partial charge is 0.478 e. The second kappa shape index (κ2) is 4.93. The molecule has 0 aromatic heterocycles. The number of aliphatic hydroxyl groups is 1. The lowest BCUT2D eigenvalue weighted by atomic mass is 10.00. The van der Waals surface area contributed by atoms with E-state index in [0.29, 0.717) is 6.42 Å². The second-order valence-electron chi connectivity index (χ2n) is 2.99. The Morgan fingerprint density at radius 2 is 2.08 bits per heavy atom. The minimum atomic E-state index is -0.926. The van der Waals surface area contributed by atoms with Crippen molar-refractivity contribution in [3.8, 4) is 0 Å². The summed E-state index contributed by atoms with van der Waals surface area (Å²) in [4.78, 5) is 10.4. The van der Waals surface area contributed by atoms with E-state index >= 15 is 0 Å². The summed E-state index contributed by atoms with van der Waals surface area (Å²) < 4.78 is 0. The molecule has 0 radical (unpaired) electrons. The van der Waals surface area contributed by atoms with Crippen LogP contribution in [0, 0.1) is 5.92 Å². The molecule has 0 saturated heterocycles. The minimum absolute atomic E-state index is 0.0916. The van der Waals surface area contributed by atoms with Crippen molar-refractivity contribution >= 4 is 5.97 Å². The van der Waals surface area contributed by atoms with Gasteiger partial charge in [-0.25, -0.2) is 4.79 Å². The van der Waals surface area contributed by atoms with Gasteiger partial charge in [0.1, 0.15) is 0 Å². The molecule has 12 heavy (non-hydrogen) atoms. The van der Waals surface area contributed by atoms with Crippen LogP contribution in [0.2, 0.25) is 0 Å². The number of aliphatic hydroxyl groups excluding tert-OH is 1. The highest BCUT2D eigenvalue weighted by atomic mass is 16.4. The Labute approximate surface area is 72.7 Å². The zero-order valence-electron chi connectivity index (χ0n) is 7.74. The van der Waals surface area contributed by atoms with E-state index < -0.39 is 12.1 Å². The number of hydrogen-bond acceptors (Lipinski definition) is 2. The summed E-state index contributed by atoms with van der Waals surface area (Å²) in [7, 11) is 0. The monoisotopic (exact) mass is 172 g/mol. The Morgan fingerprint density at radius 1 is 1.58 bits per heavy atom. The molecular formula is C9H16O3. The highest BCUT2D eigenvalue weighted by molar-refractivity contribution is 5.85. The molecule has 0 rings (SSSR count). The van der Waals surface area contributed by atoms with E-state index in [1.165, 1.54) is 6.92 Å². The highest BCUT2D eigenvalue weighted by Gasteiger charge is 2.10. The smallest absolute Gasteiger partial charge is 0.330 e. The van der Waals surface area contributed by atoms with E-state index in [9.17, 15) is 9.90 Å². The van der Waals surface area contributed by atoms with Crippen LogP contribution < -0.4 is 0 Å². The van der Waals surface area contributed by atoms with E-state index in [1.807, 2.05) is 6.92 Å². The number of aliphatic carboxylic acids is 1. The molecule has 2 atom stereocenters. The highest BCUT2D eigenvalue weighted by Crippen LogP contribution is 2.10. The molecule has 0 heterocycles. The first kappa shape index (κ1) is 11.2. The Hall–Kier alpha value is -0.830. The minimum Gasteiger partial charge on any atom is -0.478 e. The predicted octanol–water partition coefficient (Wildman–Crippen LogP) is 1.42. The standard InChI is InChI=1S/C9H16O3/c1-4-8(10)6(2)5-7(3)9(11)12/h5-6,8,10H,4H2,1-3H3,(H,11,12)/t6-,8-/m1/s1. The van der Waals surface area contributed by atoms with Gasteiger partial charge in [-0.3, -0.25) is 0 Å². The number of carbonyl (C=O) groups is 1. The predicted molar refractivity (Wildman–Crippen MR) is 46.9 cm³/mol. The number of hydrogen-bond donors (Lipinski definition) is 2.